The molecule has 2 aromatic rings. The van der Waals surface area contributed by atoms with E-state index in [-0.39, 0.29) is 25.0 Å². The molecule has 0 bridgehead atoms. The molecule has 1 N–H and O–H groups in total. The molecule has 2 amide bonds. The lowest BCUT2D eigenvalue weighted by Crippen LogP contribution is -2.50. The van der Waals surface area contributed by atoms with Crippen LogP contribution in [0.2, 0.25) is 10.0 Å². The van der Waals surface area contributed by atoms with E-state index in [0.717, 1.165) is 5.56 Å². The molecule has 0 fully saturated rings. The second kappa shape index (κ2) is 11.4. The van der Waals surface area contributed by atoms with Crippen molar-refractivity contribution in [3.63, 3.8) is 0 Å². The molecular weight excluding hydrogens is 479 g/mol. The molecule has 2 rings (SSSR count). The van der Waals surface area contributed by atoms with E-state index < -0.39 is 6.04 Å². The second-order valence-electron chi connectivity index (χ2n) is 6.30. The van der Waals surface area contributed by atoms with Crippen LogP contribution in [0.3, 0.4) is 0 Å². The monoisotopic (exact) mass is 500 g/mol. The Morgan fingerprint density at radius 2 is 1.90 bits per heavy atom. The third kappa shape index (κ3) is 6.63. The molecule has 5 nitrogen and oxygen atoms in total. The van der Waals surface area contributed by atoms with E-state index in [4.69, 9.17) is 27.9 Å². The summed E-state index contributed by atoms with van der Waals surface area (Å²) < 4.78 is 6.32. The lowest BCUT2D eigenvalue weighted by molar-refractivity contribution is -0.142. The van der Waals surface area contributed by atoms with Crippen LogP contribution in [-0.4, -0.2) is 35.9 Å². The normalized spacial score (nSPS) is 11.6. The van der Waals surface area contributed by atoms with Crippen molar-refractivity contribution in [2.75, 3.05) is 13.2 Å². The highest BCUT2D eigenvalue weighted by atomic mass is 79.9. The van der Waals surface area contributed by atoms with E-state index in [1.807, 2.05) is 32.0 Å². The molecule has 0 saturated carbocycles. The zero-order valence-corrected chi connectivity index (χ0v) is 19.4. The maximum atomic E-state index is 13.1. The largest absolute Gasteiger partial charge is 0.483 e. The van der Waals surface area contributed by atoms with Crippen LogP contribution in [0.1, 0.15) is 25.8 Å². The minimum Gasteiger partial charge on any atom is -0.483 e. The Morgan fingerprint density at radius 3 is 2.52 bits per heavy atom. The van der Waals surface area contributed by atoms with Gasteiger partial charge in [0, 0.05) is 23.1 Å². The fourth-order valence-electron chi connectivity index (χ4n) is 2.84. The van der Waals surface area contributed by atoms with Crippen LogP contribution in [0.4, 0.5) is 0 Å². The van der Waals surface area contributed by atoms with Gasteiger partial charge in [-0.3, -0.25) is 9.59 Å². The molecule has 2 aromatic carbocycles. The summed E-state index contributed by atoms with van der Waals surface area (Å²) >= 11 is 15.6. The van der Waals surface area contributed by atoms with Crippen molar-refractivity contribution < 1.29 is 14.3 Å². The van der Waals surface area contributed by atoms with E-state index >= 15 is 0 Å². The first-order valence-corrected chi connectivity index (χ1v) is 10.8. The maximum absolute atomic E-state index is 13.1. The number of ether oxygens (including phenoxy) is 1. The van der Waals surface area contributed by atoms with Crippen LogP contribution in [0.15, 0.2) is 46.9 Å². The van der Waals surface area contributed by atoms with Crippen molar-refractivity contribution in [1.29, 1.82) is 0 Å². The van der Waals surface area contributed by atoms with Crippen LogP contribution in [-0.2, 0) is 16.1 Å². The number of carbonyl (C=O) groups excluding carboxylic acids is 2. The van der Waals surface area contributed by atoms with Gasteiger partial charge < -0.3 is 15.0 Å². The van der Waals surface area contributed by atoms with Gasteiger partial charge in [0.25, 0.3) is 5.91 Å². The van der Waals surface area contributed by atoms with Gasteiger partial charge in [-0.15, -0.1) is 0 Å². The SMILES string of the molecule is CCNC(=O)[C@@H](CC)N(Cc1ccccc1Cl)C(=O)COc1ccc(Cl)cc1Br. The van der Waals surface area contributed by atoms with Crippen molar-refractivity contribution in [1.82, 2.24) is 10.2 Å². The van der Waals surface area contributed by atoms with Gasteiger partial charge in [0.05, 0.1) is 4.47 Å². The van der Waals surface area contributed by atoms with Crippen molar-refractivity contribution >= 4 is 50.9 Å². The van der Waals surface area contributed by atoms with Crippen molar-refractivity contribution in [2.24, 2.45) is 0 Å². The number of hydrogen-bond donors (Lipinski definition) is 1. The molecule has 0 saturated heterocycles. The van der Waals surface area contributed by atoms with Gasteiger partial charge in [0.15, 0.2) is 6.61 Å². The first-order chi connectivity index (χ1) is 13.9. The summed E-state index contributed by atoms with van der Waals surface area (Å²) in [6.07, 6.45) is 0.465. The molecule has 0 unspecified atom stereocenters. The van der Waals surface area contributed by atoms with E-state index in [1.54, 1.807) is 24.3 Å². The molecule has 0 spiro atoms. The van der Waals surface area contributed by atoms with Crippen LogP contribution >= 0.6 is 39.1 Å². The lowest BCUT2D eigenvalue weighted by atomic mass is 10.1. The summed E-state index contributed by atoms with van der Waals surface area (Å²) in [5.41, 5.74) is 0.762. The van der Waals surface area contributed by atoms with Crippen LogP contribution in [0, 0.1) is 0 Å². The van der Waals surface area contributed by atoms with Crippen LogP contribution in [0.25, 0.3) is 0 Å². The Bertz CT molecular complexity index is 864. The number of amides is 2. The Balaban J connectivity index is 2.23. The fourth-order valence-corrected chi connectivity index (χ4v) is 3.83. The zero-order chi connectivity index (χ0) is 21.4. The van der Waals surface area contributed by atoms with E-state index in [1.165, 1.54) is 4.90 Å². The first kappa shape index (κ1) is 23.5. The fraction of sp³-hybridized carbons (Fsp3) is 0.333. The number of likely N-dealkylation sites (N-methyl/N-ethyl adjacent to an activating group) is 1. The van der Waals surface area contributed by atoms with Gasteiger partial charge in [-0.2, -0.15) is 0 Å². The number of benzene rings is 2. The number of hydrogen-bond acceptors (Lipinski definition) is 3. The van der Waals surface area contributed by atoms with Gasteiger partial charge in [0.1, 0.15) is 11.8 Å². The maximum Gasteiger partial charge on any atom is 0.261 e. The number of nitrogens with one attached hydrogen (secondary N) is 1. The molecule has 0 aliphatic carbocycles. The molecule has 8 heteroatoms. The molecule has 0 aliphatic rings. The Kier molecular flexibility index (Phi) is 9.27. The lowest BCUT2D eigenvalue weighted by Gasteiger charge is -2.30. The molecule has 156 valence electrons. The quantitative estimate of drug-likeness (QED) is 0.521. The summed E-state index contributed by atoms with van der Waals surface area (Å²) in [6, 6.07) is 11.7. The summed E-state index contributed by atoms with van der Waals surface area (Å²) in [5, 5.41) is 3.89. The Labute approximate surface area is 189 Å². The number of carbonyl (C=O) groups is 2. The zero-order valence-electron chi connectivity index (χ0n) is 16.3. The molecule has 0 aromatic heterocycles. The molecule has 0 heterocycles. The summed E-state index contributed by atoms with van der Waals surface area (Å²) in [4.78, 5) is 27.1. The number of rotatable bonds is 9. The van der Waals surface area contributed by atoms with Crippen molar-refractivity contribution in [3.05, 3.63) is 62.5 Å². The highest BCUT2D eigenvalue weighted by Gasteiger charge is 2.29. The van der Waals surface area contributed by atoms with E-state index in [9.17, 15) is 9.59 Å². The number of halogens is 3. The van der Waals surface area contributed by atoms with Gasteiger partial charge in [-0.05, 0) is 59.1 Å². The third-order valence-electron chi connectivity index (χ3n) is 4.28. The van der Waals surface area contributed by atoms with E-state index in [0.29, 0.717) is 33.2 Å². The van der Waals surface area contributed by atoms with Crippen molar-refractivity contribution in [2.45, 2.75) is 32.9 Å². The first-order valence-electron chi connectivity index (χ1n) is 9.25. The minimum absolute atomic E-state index is 0.205. The summed E-state index contributed by atoms with van der Waals surface area (Å²) in [7, 11) is 0. The third-order valence-corrected chi connectivity index (χ3v) is 5.50. The molecule has 0 aliphatic heterocycles. The van der Waals surface area contributed by atoms with Gasteiger partial charge in [0.2, 0.25) is 5.91 Å². The highest BCUT2D eigenvalue weighted by molar-refractivity contribution is 9.10. The summed E-state index contributed by atoms with van der Waals surface area (Å²) in [5.74, 6) is -0.0283. The number of nitrogens with zero attached hydrogens (tertiary/aromatic N) is 1. The Morgan fingerprint density at radius 1 is 1.17 bits per heavy atom. The second-order valence-corrected chi connectivity index (χ2v) is 7.99. The average molecular weight is 502 g/mol. The van der Waals surface area contributed by atoms with Gasteiger partial charge >= 0.3 is 0 Å². The van der Waals surface area contributed by atoms with Crippen LogP contribution in [0.5, 0.6) is 5.75 Å². The molecule has 29 heavy (non-hydrogen) atoms. The average Bonchev–Trinajstić information content (AvgIpc) is 2.68. The molecular formula is C21H23BrCl2N2O3. The highest BCUT2D eigenvalue weighted by Crippen LogP contribution is 2.28. The van der Waals surface area contributed by atoms with Gasteiger partial charge in [-0.1, -0.05) is 48.3 Å². The predicted octanol–water partition coefficient (Wildman–Crippen LogP) is 5.08. The summed E-state index contributed by atoms with van der Waals surface area (Å²) in [6.45, 7) is 4.17. The van der Waals surface area contributed by atoms with Crippen LogP contribution < -0.4 is 10.1 Å². The van der Waals surface area contributed by atoms with Crippen molar-refractivity contribution in [3.8, 4) is 5.75 Å². The van der Waals surface area contributed by atoms with E-state index in [2.05, 4.69) is 21.2 Å². The Hall–Kier alpha value is -1.76. The smallest absolute Gasteiger partial charge is 0.261 e. The standard InChI is InChI=1S/C21H23BrCl2N2O3/c1-3-18(21(28)25-4-2)26(12-14-7-5-6-8-17(14)24)20(27)13-29-19-10-9-15(23)11-16(19)22/h5-11,18H,3-4,12-13H2,1-2H3,(H,25,28)/t18-/m1/s1. The minimum atomic E-state index is -0.629. The molecule has 1 atom stereocenters. The topological polar surface area (TPSA) is 58.6 Å². The molecule has 0 radical (unpaired) electrons. The predicted molar refractivity (Wildman–Crippen MR) is 119 cm³/mol. The van der Waals surface area contributed by atoms with Gasteiger partial charge in [-0.25, -0.2) is 0 Å².